The van der Waals surface area contributed by atoms with Gasteiger partial charge in [0.15, 0.2) is 15.6 Å². The molecule has 0 unspecified atom stereocenters. The van der Waals surface area contributed by atoms with E-state index in [1.165, 1.54) is 62.4 Å². The maximum absolute atomic E-state index is 12.3. The van der Waals surface area contributed by atoms with Gasteiger partial charge in [0.25, 0.3) is 10.0 Å². The van der Waals surface area contributed by atoms with E-state index >= 15 is 0 Å². The van der Waals surface area contributed by atoms with Crippen LogP contribution in [0.5, 0.6) is 0 Å². The predicted molar refractivity (Wildman–Crippen MR) is 91.4 cm³/mol. The second-order valence-electron chi connectivity index (χ2n) is 5.11. The predicted octanol–water partition coefficient (Wildman–Crippen LogP) is 2.48. The largest absolute Gasteiger partial charge is 0.295 e. The third-order valence-electron chi connectivity index (χ3n) is 3.42. The van der Waals surface area contributed by atoms with Crippen LogP contribution in [0.25, 0.3) is 0 Å². The molecule has 0 spiro atoms. The van der Waals surface area contributed by atoms with Gasteiger partial charge in [0.1, 0.15) is 0 Å². The molecule has 0 aliphatic carbocycles. The number of carbonyl (C=O) groups excluding carboxylic acids is 1. The topological polar surface area (TPSA) is 97.4 Å². The first-order valence-electron chi connectivity index (χ1n) is 7.12. The van der Waals surface area contributed by atoms with Crippen LogP contribution in [0, 0.1) is 0 Å². The molecule has 24 heavy (non-hydrogen) atoms. The van der Waals surface area contributed by atoms with Gasteiger partial charge >= 0.3 is 0 Å². The molecule has 0 heterocycles. The van der Waals surface area contributed by atoms with Crippen molar-refractivity contribution in [2.45, 2.75) is 23.6 Å². The molecule has 128 valence electrons. The van der Waals surface area contributed by atoms with Crippen molar-refractivity contribution >= 4 is 31.3 Å². The monoisotopic (exact) mass is 367 g/mol. The molecule has 0 aromatic heterocycles. The van der Waals surface area contributed by atoms with Gasteiger partial charge in [0, 0.05) is 11.3 Å². The molecule has 0 amide bonds. The van der Waals surface area contributed by atoms with E-state index < -0.39 is 19.9 Å². The third kappa shape index (κ3) is 4.01. The van der Waals surface area contributed by atoms with Gasteiger partial charge in [-0.15, -0.1) is 0 Å². The highest BCUT2D eigenvalue weighted by Gasteiger charge is 2.16. The Morgan fingerprint density at radius 1 is 0.875 bits per heavy atom. The molecule has 1 N–H and O–H groups in total. The fraction of sp³-hybridized carbons (Fsp3) is 0.188. The number of benzene rings is 2. The lowest BCUT2D eigenvalue weighted by atomic mass is 10.2. The number of anilines is 1. The Bertz CT molecular complexity index is 945. The van der Waals surface area contributed by atoms with Crippen LogP contribution in [0.4, 0.5) is 5.69 Å². The molecule has 8 heteroatoms. The first-order valence-corrected chi connectivity index (χ1v) is 10.3. The van der Waals surface area contributed by atoms with Crippen LogP contribution in [-0.2, 0) is 19.9 Å². The maximum atomic E-state index is 12.3. The normalized spacial score (nSPS) is 11.9. The van der Waals surface area contributed by atoms with Crippen molar-refractivity contribution in [1.29, 1.82) is 0 Å². The molecule has 0 atom stereocenters. The minimum atomic E-state index is -3.82. The second-order valence-corrected chi connectivity index (χ2v) is 9.07. The number of hydrogen-bond donors (Lipinski definition) is 1. The minimum Gasteiger partial charge on any atom is -0.295 e. The van der Waals surface area contributed by atoms with Gasteiger partial charge in [-0.3, -0.25) is 9.52 Å². The van der Waals surface area contributed by atoms with Crippen LogP contribution < -0.4 is 4.72 Å². The highest BCUT2D eigenvalue weighted by Crippen LogP contribution is 2.19. The summed E-state index contributed by atoms with van der Waals surface area (Å²) in [5, 5.41) is 0. The zero-order valence-electron chi connectivity index (χ0n) is 13.2. The standard InChI is InChI=1S/C16H17NO5S2/c1-3-23(19,20)15-10-6-14(7-11-15)17-24(21,22)16-8-4-13(5-9-16)12(2)18/h4-11,17H,3H2,1-2H3. The van der Waals surface area contributed by atoms with Crippen LogP contribution >= 0.6 is 0 Å². The molecule has 2 aromatic rings. The van der Waals surface area contributed by atoms with Gasteiger partial charge in [-0.2, -0.15) is 0 Å². The number of rotatable bonds is 6. The van der Waals surface area contributed by atoms with E-state index in [1.54, 1.807) is 0 Å². The Labute approximate surface area is 141 Å². The zero-order chi connectivity index (χ0) is 18.0. The summed E-state index contributed by atoms with van der Waals surface area (Å²) in [6, 6.07) is 11.1. The van der Waals surface area contributed by atoms with E-state index in [2.05, 4.69) is 4.72 Å². The molecule has 6 nitrogen and oxygen atoms in total. The molecule has 2 rings (SSSR count). The fourth-order valence-corrected chi connectivity index (χ4v) is 3.92. The summed E-state index contributed by atoms with van der Waals surface area (Å²) in [5.41, 5.74) is 0.670. The van der Waals surface area contributed by atoms with Gasteiger partial charge in [0.05, 0.1) is 15.5 Å². The lowest BCUT2D eigenvalue weighted by molar-refractivity contribution is 0.101. The smallest absolute Gasteiger partial charge is 0.261 e. The molecular weight excluding hydrogens is 350 g/mol. The van der Waals surface area contributed by atoms with Crippen molar-refractivity contribution in [2.24, 2.45) is 0 Å². The molecule has 0 saturated heterocycles. The summed E-state index contributed by atoms with van der Waals surface area (Å²) in [5.74, 6) is -0.180. The quantitative estimate of drug-likeness (QED) is 0.791. The Hall–Kier alpha value is -2.19. The van der Waals surface area contributed by atoms with Crippen LogP contribution in [-0.4, -0.2) is 28.4 Å². The average Bonchev–Trinajstić information content (AvgIpc) is 2.55. The molecular formula is C16H17NO5S2. The van der Waals surface area contributed by atoms with E-state index in [-0.39, 0.29) is 27.0 Å². The Morgan fingerprint density at radius 2 is 1.38 bits per heavy atom. The molecule has 0 aliphatic rings. The van der Waals surface area contributed by atoms with Gasteiger partial charge < -0.3 is 0 Å². The van der Waals surface area contributed by atoms with Gasteiger partial charge in [-0.25, -0.2) is 16.8 Å². The van der Waals surface area contributed by atoms with Crippen LogP contribution in [0.3, 0.4) is 0 Å². The number of sulfone groups is 1. The maximum Gasteiger partial charge on any atom is 0.261 e. The van der Waals surface area contributed by atoms with E-state index in [1.807, 2.05) is 0 Å². The van der Waals surface area contributed by atoms with Crippen molar-refractivity contribution < 1.29 is 21.6 Å². The summed E-state index contributed by atoms with van der Waals surface area (Å²) in [4.78, 5) is 11.4. The summed E-state index contributed by atoms with van der Waals surface area (Å²) in [7, 11) is -7.15. The molecule has 0 radical (unpaired) electrons. The van der Waals surface area contributed by atoms with Gasteiger partial charge in [-0.05, 0) is 43.3 Å². The van der Waals surface area contributed by atoms with E-state index in [0.29, 0.717) is 5.56 Å². The zero-order valence-corrected chi connectivity index (χ0v) is 14.8. The Balaban J connectivity index is 2.24. The number of nitrogens with one attached hydrogen (secondary N) is 1. The summed E-state index contributed by atoms with van der Waals surface area (Å²) >= 11 is 0. The summed E-state index contributed by atoms with van der Waals surface area (Å²) in [6.45, 7) is 2.93. The average molecular weight is 367 g/mol. The molecule has 0 saturated carbocycles. The van der Waals surface area contributed by atoms with E-state index in [0.717, 1.165) is 0 Å². The van der Waals surface area contributed by atoms with E-state index in [9.17, 15) is 21.6 Å². The van der Waals surface area contributed by atoms with Crippen LogP contribution in [0.15, 0.2) is 58.3 Å². The highest BCUT2D eigenvalue weighted by atomic mass is 32.2. The molecule has 0 fully saturated rings. The lowest BCUT2D eigenvalue weighted by Gasteiger charge is -2.09. The number of ketones is 1. The van der Waals surface area contributed by atoms with Crippen LogP contribution in [0.2, 0.25) is 0 Å². The van der Waals surface area contributed by atoms with Crippen molar-refractivity contribution in [3.05, 3.63) is 54.1 Å². The highest BCUT2D eigenvalue weighted by molar-refractivity contribution is 7.92. The molecule has 0 aliphatic heterocycles. The molecule has 0 bridgehead atoms. The van der Waals surface area contributed by atoms with Gasteiger partial charge in [0.2, 0.25) is 0 Å². The molecule has 2 aromatic carbocycles. The third-order valence-corrected chi connectivity index (χ3v) is 6.56. The number of hydrogen-bond acceptors (Lipinski definition) is 5. The second kappa shape index (κ2) is 6.74. The SMILES string of the molecule is CCS(=O)(=O)c1ccc(NS(=O)(=O)c2ccc(C(C)=O)cc2)cc1. The van der Waals surface area contributed by atoms with Crippen molar-refractivity contribution in [1.82, 2.24) is 0 Å². The first-order chi connectivity index (χ1) is 11.2. The number of carbonyl (C=O) groups is 1. The number of sulfonamides is 1. The van der Waals surface area contributed by atoms with Gasteiger partial charge in [-0.1, -0.05) is 19.1 Å². The Kier molecular flexibility index (Phi) is 5.10. The first kappa shape index (κ1) is 18.2. The fourth-order valence-electron chi connectivity index (χ4n) is 1.98. The van der Waals surface area contributed by atoms with Crippen molar-refractivity contribution in [2.75, 3.05) is 10.5 Å². The number of Topliss-reactive ketones (excluding diaryl/α,β-unsaturated/α-hetero) is 1. The summed E-state index contributed by atoms with van der Waals surface area (Å²) in [6.07, 6.45) is 0. The minimum absolute atomic E-state index is 0.0118. The van der Waals surface area contributed by atoms with E-state index in [4.69, 9.17) is 0 Å². The lowest BCUT2D eigenvalue weighted by Crippen LogP contribution is -2.13. The van der Waals surface area contributed by atoms with Crippen molar-refractivity contribution in [3.8, 4) is 0 Å². The summed E-state index contributed by atoms with van der Waals surface area (Å²) < 4.78 is 50.5. The van der Waals surface area contributed by atoms with Crippen LogP contribution in [0.1, 0.15) is 24.2 Å². The van der Waals surface area contributed by atoms with Crippen molar-refractivity contribution in [3.63, 3.8) is 0 Å². The Morgan fingerprint density at radius 3 is 1.83 bits per heavy atom.